The third kappa shape index (κ3) is 2.32. The lowest BCUT2D eigenvalue weighted by atomic mass is 9.80. The molecule has 82 valence electrons. The second kappa shape index (κ2) is 4.23. The number of aromatic hydroxyl groups is 1. The number of phenolic OH excluding ortho intramolecular Hbond substituents is 1. The second-order valence-corrected chi connectivity index (χ2v) is 4.76. The van der Waals surface area contributed by atoms with Gasteiger partial charge < -0.3 is 10.8 Å². The molecule has 0 unspecified atom stereocenters. The lowest BCUT2D eigenvalue weighted by Crippen LogP contribution is -2.29. The maximum atomic E-state index is 9.41. The van der Waals surface area contributed by atoms with E-state index in [4.69, 9.17) is 5.73 Å². The van der Waals surface area contributed by atoms with Crippen molar-refractivity contribution in [1.82, 2.24) is 0 Å². The predicted molar refractivity (Wildman–Crippen MR) is 61.8 cm³/mol. The van der Waals surface area contributed by atoms with Crippen LogP contribution in [0.25, 0.3) is 0 Å². The van der Waals surface area contributed by atoms with Gasteiger partial charge in [-0.1, -0.05) is 25.0 Å². The van der Waals surface area contributed by atoms with Gasteiger partial charge in [0.1, 0.15) is 5.75 Å². The molecule has 0 heterocycles. The molecule has 2 nitrogen and oxygen atoms in total. The highest BCUT2D eigenvalue weighted by atomic mass is 16.3. The summed E-state index contributed by atoms with van der Waals surface area (Å²) in [5.41, 5.74) is 7.40. The minimum absolute atomic E-state index is 0.299. The Morgan fingerprint density at radius 3 is 2.60 bits per heavy atom. The smallest absolute Gasteiger partial charge is 0.115 e. The molecule has 1 fully saturated rings. The van der Waals surface area contributed by atoms with E-state index in [0.29, 0.717) is 11.2 Å². The summed E-state index contributed by atoms with van der Waals surface area (Å²) >= 11 is 0. The van der Waals surface area contributed by atoms with Crippen LogP contribution in [0.15, 0.2) is 24.3 Å². The Hall–Kier alpha value is -1.02. The maximum Gasteiger partial charge on any atom is 0.115 e. The van der Waals surface area contributed by atoms with Crippen molar-refractivity contribution in [3.05, 3.63) is 29.8 Å². The van der Waals surface area contributed by atoms with Crippen molar-refractivity contribution in [3.63, 3.8) is 0 Å². The SMILES string of the molecule is NCC1(Cc2cccc(O)c2)CCCC1. The zero-order chi connectivity index (χ0) is 10.7. The molecule has 3 N–H and O–H groups in total. The van der Waals surface area contributed by atoms with E-state index in [-0.39, 0.29) is 0 Å². The van der Waals surface area contributed by atoms with Gasteiger partial charge in [-0.25, -0.2) is 0 Å². The molecule has 0 amide bonds. The van der Waals surface area contributed by atoms with Gasteiger partial charge >= 0.3 is 0 Å². The van der Waals surface area contributed by atoms with E-state index in [1.165, 1.54) is 31.2 Å². The third-order valence-electron chi connectivity index (χ3n) is 3.59. The number of nitrogens with two attached hydrogens (primary N) is 1. The Morgan fingerprint density at radius 1 is 1.27 bits per heavy atom. The first-order chi connectivity index (χ1) is 7.24. The Bertz CT molecular complexity index is 329. The molecule has 1 aromatic rings. The van der Waals surface area contributed by atoms with Crippen molar-refractivity contribution in [2.75, 3.05) is 6.54 Å². The van der Waals surface area contributed by atoms with Crippen LogP contribution in [-0.4, -0.2) is 11.7 Å². The fraction of sp³-hybridized carbons (Fsp3) is 0.538. The van der Waals surface area contributed by atoms with Crippen LogP contribution < -0.4 is 5.73 Å². The van der Waals surface area contributed by atoms with Crippen LogP contribution in [0.5, 0.6) is 5.75 Å². The largest absolute Gasteiger partial charge is 0.508 e. The molecular weight excluding hydrogens is 186 g/mol. The quantitative estimate of drug-likeness (QED) is 0.796. The fourth-order valence-corrected chi connectivity index (χ4v) is 2.68. The van der Waals surface area contributed by atoms with Crippen molar-refractivity contribution in [1.29, 1.82) is 0 Å². The molecule has 2 heteroatoms. The lowest BCUT2D eigenvalue weighted by Gasteiger charge is -2.27. The summed E-state index contributed by atoms with van der Waals surface area (Å²) in [6, 6.07) is 7.56. The molecule has 0 aromatic heterocycles. The van der Waals surface area contributed by atoms with Crippen LogP contribution in [0.4, 0.5) is 0 Å². The molecule has 0 atom stereocenters. The van der Waals surface area contributed by atoms with E-state index >= 15 is 0 Å². The van der Waals surface area contributed by atoms with Crippen molar-refractivity contribution < 1.29 is 5.11 Å². The lowest BCUT2D eigenvalue weighted by molar-refractivity contribution is 0.306. The van der Waals surface area contributed by atoms with Gasteiger partial charge in [0.05, 0.1) is 0 Å². The number of benzene rings is 1. The monoisotopic (exact) mass is 205 g/mol. The van der Waals surface area contributed by atoms with Crippen molar-refractivity contribution in [2.45, 2.75) is 32.1 Å². The second-order valence-electron chi connectivity index (χ2n) is 4.76. The van der Waals surface area contributed by atoms with E-state index in [9.17, 15) is 5.11 Å². The van der Waals surface area contributed by atoms with E-state index in [1.807, 2.05) is 12.1 Å². The molecule has 15 heavy (non-hydrogen) atoms. The van der Waals surface area contributed by atoms with Crippen molar-refractivity contribution >= 4 is 0 Å². The van der Waals surface area contributed by atoms with Crippen molar-refractivity contribution in [3.8, 4) is 5.75 Å². The molecule has 0 saturated heterocycles. The number of rotatable bonds is 3. The molecule has 1 aliphatic carbocycles. The third-order valence-corrected chi connectivity index (χ3v) is 3.59. The van der Waals surface area contributed by atoms with E-state index in [2.05, 4.69) is 6.07 Å². The van der Waals surface area contributed by atoms with E-state index in [0.717, 1.165) is 13.0 Å². The first-order valence-electron chi connectivity index (χ1n) is 5.72. The number of phenols is 1. The molecule has 1 aromatic carbocycles. The maximum absolute atomic E-state index is 9.41. The number of hydrogen-bond donors (Lipinski definition) is 2. The Kier molecular flexibility index (Phi) is 2.96. The van der Waals surface area contributed by atoms with Gasteiger partial charge in [-0.3, -0.25) is 0 Å². The van der Waals surface area contributed by atoms with Crippen LogP contribution in [0.1, 0.15) is 31.2 Å². The summed E-state index contributed by atoms with van der Waals surface area (Å²) in [4.78, 5) is 0. The fourth-order valence-electron chi connectivity index (χ4n) is 2.68. The van der Waals surface area contributed by atoms with Crippen molar-refractivity contribution in [2.24, 2.45) is 11.1 Å². The number of hydrogen-bond acceptors (Lipinski definition) is 2. The van der Waals surface area contributed by atoms with Gasteiger partial charge in [-0.2, -0.15) is 0 Å². The highest BCUT2D eigenvalue weighted by Gasteiger charge is 2.32. The summed E-state index contributed by atoms with van der Waals surface area (Å²) in [5.74, 6) is 0.359. The molecule has 0 radical (unpaired) electrons. The molecule has 1 saturated carbocycles. The van der Waals surface area contributed by atoms with Gasteiger partial charge in [0.15, 0.2) is 0 Å². The average molecular weight is 205 g/mol. The van der Waals surface area contributed by atoms with Crippen LogP contribution >= 0.6 is 0 Å². The van der Waals surface area contributed by atoms with Gasteiger partial charge in [0.2, 0.25) is 0 Å². The summed E-state index contributed by atoms with van der Waals surface area (Å²) in [6.45, 7) is 0.767. The summed E-state index contributed by atoms with van der Waals surface area (Å²) in [5, 5.41) is 9.41. The summed E-state index contributed by atoms with van der Waals surface area (Å²) in [6.07, 6.45) is 6.09. The molecule has 2 rings (SSSR count). The minimum Gasteiger partial charge on any atom is -0.508 e. The average Bonchev–Trinajstić information content (AvgIpc) is 2.67. The van der Waals surface area contributed by atoms with Gasteiger partial charge in [0.25, 0.3) is 0 Å². The predicted octanol–water partition coefficient (Wildman–Crippen LogP) is 2.45. The topological polar surface area (TPSA) is 46.2 Å². The highest BCUT2D eigenvalue weighted by molar-refractivity contribution is 5.28. The normalized spacial score (nSPS) is 19.3. The zero-order valence-corrected chi connectivity index (χ0v) is 9.08. The summed E-state index contributed by atoms with van der Waals surface area (Å²) < 4.78 is 0. The Labute approximate surface area is 91.1 Å². The van der Waals surface area contributed by atoms with Crippen LogP contribution in [0.3, 0.4) is 0 Å². The van der Waals surface area contributed by atoms with Crippen LogP contribution in [0, 0.1) is 5.41 Å². The zero-order valence-electron chi connectivity index (χ0n) is 9.08. The Balaban J connectivity index is 2.12. The van der Waals surface area contributed by atoms with Gasteiger partial charge in [-0.05, 0) is 48.9 Å². The van der Waals surface area contributed by atoms with Gasteiger partial charge in [-0.15, -0.1) is 0 Å². The first-order valence-corrected chi connectivity index (χ1v) is 5.72. The molecule has 1 aliphatic rings. The van der Waals surface area contributed by atoms with Crippen LogP contribution in [0.2, 0.25) is 0 Å². The standard InChI is InChI=1S/C13H19NO/c14-10-13(6-1-2-7-13)9-11-4-3-5-12(15)8-11/h3-5,8,15H,1-2,6-7,9-10,14H2. The van der Waals surface area contributed by atoms with E-state index < -0.39 is 0 Å². The molecular formula is C13H19NO. The molecule has 0 aliphatic heterocycles. The molecule has 0 spiro atoms. The Morgan fingerprint density at radius 2 is 2.00 bits per heavy atom. The minimum atomic E-state index is 0.299. The van der Waals surface area contributed by atoms with Crippen LogP contribution in [-0.2, 0) is 6.42 Å². The first kappa shape index (κ1) is 10.5. The molecule has 0 bridgehead atoms. The highest BCUT2D eigenvalue weighted by Crippen LogP contribution is 2.40. The van der Waals surface area contributed by atoms with Gasteiger partial charge in [0, 0.05) is 0 Å². The van der Waals surface area contributed by atoms with E-state index in [1.54, 1.807) is 6.07 Å². The summed E-state index contributed by atoms with van der Waals surface area (Å²) in [7, 11) is 0.